The fourth-order valence-corrected chi connectivity index (χ4v) is 3.47. The molecular formula is C22H24FN3O3. The molecule has 7 heteroatoms. The van der Waals surface area contributed by atoms with E-state index in [0.717, 1.165) is 24.4 Å². The van der Waals surface area contributed by atoms with Gasteiger partial charge >= 0.3 is 0 Å². The number of hydrogen-bond donors (Lipinski definition) is 0. The molecule has 0 spiro atoms. The maximum absolute atomic E-state index is 13.1. The molecule has 29 heavy (non-hydrogen) atoms. The molecule has 1 saturated heterocycles. The van der Waals surface area contributed by atoms with E-state index in [-0.39, 0.29) is 11.4 Å². The maximum Gasteiger partial charge on any atom is 0.261 e. The van der Waals surface area contributed by atoms with Gasteiger partial charge in [0, 0.05) is 19.6 Å². The van der Waals surface area contributed by atoms with Gasteiger partial charge in [-0.05, 0) is 42.8 Å². The van der Waals surface area contributed by atoms with Gasteiger partial charge in [0.2, 0.25) is 0 Å². The number of ether oxygens (including phenoxy) is 2. The van der Waals surface area contributed by atoms with Crippen LogP contribution < -0.4 is 10.3 Å². The summed E-state index contributed by atoms with van der Waals surface area (Å²) in [5, 5.41) is 0.623. The Bertz CT molecular complexity index is 1010. The van der Waals surface area contributed by atoms with Gasteiger partial charge in [-0.15, -0.1) is 0 Å². The molecule has 2 aromatic carbocycles. The largest absolute Gasteiger partial charge is 0.494 e. The molecule has 0 saturated carbocycles. The topological polar surface area (TPSA) is 56.6 Å². The summed E-state index contributed by atoms with van der Waals surface area (Å²) in [7, 11) is 0. The van der Waals surface area contributed by atoms with Crippen molar-refractivity contribution in [1.29, 1.82) is 0 Å². The van der Waals surface area contributed by atoms with E-state index in [1.54, 1.807) is 16.7 Å². The average Bonchev–Trinajstić information content (AvgIpc) is 2.75. The first kappa shape index (κ1) is 19.5. The standard InChI is InChI=1S/C22H24FN3O3/c23-17-6-8-18(9-7-17)29-13-3-10-26-21(16-25-11-14-28-15-12-25)24-20-5-2-1-4-19(20)22(26)27/h1-2,4-9H,3,10-16H2. The van der Waals surface area contributed by atoms with Crippen LogP contribution in [0.1, 0.15) is 12.2 Å². The lowest BCUT2D eigenvalue weighted by molar-refractivity contribution is 0.0324. The second-order valence-corrected chi connectivity index (χ2v) is 7.05. The number of benzene rings is 2. The van der Waals surface area contributed by atoms with Crippen LogP contribution in [0.5, 0.6) is 5.75 Å². The van der Waals surface area contributed by atoms with E-state index in [0.29, 0.717) is 50.5 Å². The molecule has 0 atom stereocenters. The van der Waals surface area contributed by atoms with Gasteiger partial charge in [0.25, 0.3) is 5.56 Å². The molecule has 0 unspecified atom stereocenters. The minimum absolute atomic E-state index is 0.0272. The molecule has 0 radical (unpaired) electrons. The second kappa shape index (κ2) is 9.15. The van der Waals surface area contributed by atoms with Crippen molar-refractivity contribution in [3.05, 3.63) is 70.5 Å². The third-order valence-electron chi connectivity index (χ3n) is 5.02. The Morgan fingerprint density at radius 2 is 1.83 bits per heavy atom. The van der Waals surface area contributed by atoms with Gasteiger partial charge in [0.05, 0.1) is 37.3 Å². The maximum atomic E-state index is 13.1. The molecule has 1 aliphatic heterocycles. The van der Waals surface area contributed by atoms with Crippen molar-refractivity contribution in [3.8, 4) is 5.75 Å². The normalized spacial score (nSPS) is 14.9. The summed E-state index contributed by atoms with van der Waals surface area (Å²) in [4.78, 5) is 20.1. The number of halogens is 1. The highest BCUT2D eigenvalue weighted by Crippen LogP contribution is 2.13. The van der Waals surface area contributed by atoms with E-state index in [9.17, 15) is 9.18 Å². The zero-order valence-electron chi connectivity index (χ0n) is 16.2. The van der Waals surface area contributed by atoms with Gasteiger partial charge in [0.15, 0.2) is 0 Å². The number of morpholine rings is 1. The number of nitrogens with zero attached hydrogens (tertiary/aromatic N) is 3. The van der Waals surface area contributed by atoms with Crippen LogP contribution in [0.2, 0.25) is 0 Å². The quantitative estimate of drug-likeness (QED) is 0.574. The summed E-state index contributed by atoms with van der Waals surface area (Å²) in [5.74, 6) is 1.08. The minimum Gasteiger partial charge on any atom is -0.494 e. The minimum atomic E-state index is -0.293. The van der Waals surface area contributed by atoms with E-state index in [2.05, 4.69) is 4.90 Å². The fraction of sp³-hybridized carbons (Fsp3) is 0.364. The Kier molecular flexibility index (Phi) is 6.17. The Hall–Kier alpha value is -2.77. The van der Waals surface area contributed by atoms with E-state index in [4.69, 9.17) is 14.5 Å². The molecule has 1 aliphatic rings. The monoisotopic (exact) mass is 397 g/mol. The molecule has 6 nitrogen and oxygen atoms in total. The van der Waals surface area contributed by atoms with Gasteiger partial charge in [-0.1, -0.05) is 12.1 Å². The molecule has 3 aromatic rings. The fourth-order valence-electron chi connectivity index (χ4n) is 3.47. The molecule has 152 valence electrons. The summed E-state index contributed by atoms with van der Waals surface area (Å²) in [6, 6.07) is 13.4. The lowest BCUT2D eigenvalue weighted by atomic mass is 10.2. The molecule has 4 rings (SSSR count). The lowest BCUT2D eigenvalue weighted by Gasteiger charge is -2.27. The third-order valence-corrected chi connectivity index (χ3v) is 5.02. The number of fused-ring (bicyclic) bond motifs is 1. The average molecular weight is 397 g/mol. The molecule has 1 fully saturated rings. The van der Waals surface area contributed by atoms with Crippen molar-refractivity contribution in [1.82, 2.24) is 14.5 Å². The van der Waals surface area contributed by atoms with Crippen LogP contribution in [0.3, 0.4) is 0 Å². The number of para-hydroxylation sites is 1. The molecular weight excluding hydrogens is 373 g/mol. The first-order valence-electron chi connectivity index (χ1n) is 9.87. The second-order valence-electron chi connectivity index (χ2n) is 7.05. The third kappa shape index (κ3) is 4.81. The highest BCUT2D eigenvalue weighted by Gasteiger charge is 2.16. The van der Waals surface area contributed by atoms with Crippen molar-refractivity contribution in [2.45, 2.75) is 19.5 Å². The predicted molar refractivity (Wildman–Crippen MR) is 109 cm³/mol. The van der Waals surface area contributed by atoms with Gasteiger partial charge in [-0.25, -0.2) is 9.37 Å². The Labute approximate surface area is 168 Å². The van der Waals surface area contributed by atoms with Crippen LogP contribution in [0.15, 0.2) is 53.3 Å². The Morgan fingerprint density at radius 3 is 2.62 bits per heavy atom. The Morgan fingerprint density at radius 1 is 1.07 bits per heavy atom. The molecule has 0 aliphatic carbocycles. The van der Waals surface area contributed by atoms with Crippen LogP contribution in [-0.4, -0.2) is 47.4 Å². The summed E-state index contributed by atoms with van der Waals surface area (Å²) in [5.41, 5.74) is 0.695. The van der Waals surface area contributed by atoms with E-state index in [1.165, 1.54) is 12.1 Å². The van der Waals surface area contributed by atoms with Crippen molar-refractivity contribution >= 4 is 10.9 Å². The van der Waals surface area contributed by atoms with E-state index in [1.807, 2.05) is 24.3 Å². The van der Waals surface area contributed by atoms with Crippen molar-refractivity contribution < 1.29 is 13.9 Å². The van der Waals surface area contributed by atoms with Crippen LogP contribution in [0.25, 0.3) is 10.9 Å². The zero-order chi connectivity index (χ0) is 20.1. The van der Waals surface area contributed by atoms with Crippen LogP contribution in [0, 0.1) is 5.82 Å². The highest BCUT2D eigenvalue weighted by atomic mass is 19.1. The van der Waals surface area contributed by atoms with Gasteiger partial charge in [0.1, 0.15) is 17.4 Å². The van der Waals surface area contributed by atoms with Gasteiger partial charge in [-0.3, -0.25) is 14.3 Å². The van der Waals surface area contributed by atoms with Crippen molar-refractivity contribution in [2.24, 2.45) is 0 Å². The lowest BCUT2D eigenvalue weighted by Crippen LogP contribution is -2.38. The smallest absolute Gasteiger partial charge is 0.261 e. The number of hydrogen-bond acceptors (Lipinski definition) is 5. The molecule has 0 amide bonds. The SMILES string of the molecule is O=c1c2ccccc2nc(CN2CCOCC2)n1CCCOc1ccc(F)cc1. The summed E-state index contributed by atoms with van der Waals surface area (Å²) < 4.78 is 25.8. The Balaban J connectivity index is 1.50. The van der Waals surface area contributed by atoms with Gasteiger partial charge in [-0.2, -0.15) is 0 Å². The molecule has 2 heterocycles. The summed E-state index contributed by atoms with van der Waals surface area (Å²) in [6.07, 6.45) is 0.646. The van der Waals surface area contributed by atoms with E-state index < -0.39 is 0 Å². The first-order valence-corrected chi connectivity index (χ1v) is 9.87. The van der Waals surface area contributed by atoms with Gasteiger partial charge < -0.3 is 9.47 Å². The van der Waals surface area contributed by atoms with Crippen molar-refractivity contribution in [3.63, 3.8) is 0 Å². The summed E-state index contributed by atoms with van der Waals surface area (Å²) in [6.45, 7) is 4.61. The van der Waals surface area contributed by atoms with Crippen LogP contribution >= 0.6 is 0 Å². The highest BCUT2D eigenvalue weighted by molar-refractivity contribution is 5.77. The zero-order valence-corrected chi connectivity index (χ0v) is 16.2. The summed E-state index contributed by atoms with van der Waals surface area (Å²) >= 11 is 0. The molecule has 0 bridgehead atoms. The molecule has 0 N–H and O–H groups in total. The van der Waals surface area contributed by atoms with Crippen molar-refractivity contribution in [2.75, 3.05) is 32.9 Å². The van der Waals surface area contributed by atoms with Crippen LogP contribution in [0.4, 0.5) is 4.39 Å². The number of aromatic nitrogens is 2. The van der Waals surface area contributed by atoms with E-state index >= 15 is 0 Å². The predicted octanol–water partition coefficient (Wildman–Crippen LogP) is 2.84. The molecule has 1 aromatic heterocycles. The first-order chi connectivity index (χ1) is 14.2. The van der Waals surface area contributed by atoms with Crippen LogP contribution in [-0.2, 0) is 17.8 Å². The number of rotatable bonds is 7.